The maximum absolute atomic E-state index is 13.5. The fraction of sp³-hybridized carbons (Fsp3) is 0.500. The Labute approximate surface area is 103 Å². The predicted octanol–water partition coefficient (Wildman–Crippen LogP) is 1.69. The van der Waals surface area contributed by atoms with E-state index in [2.05, 4.69) is 0 Å². The summed E-state index contributed by atoms with van der Waals surface area (Å²) in [5.74, 6) is -0.527. The monoisotopic (exact) mass is 252 g/mol. The highest BCUT2D eigenvalue weighted by Gasteiger charge is 2.53. The Kier molecular flexibility index (Phi) is 2.31. The van der Waals surface area contributed by atoms with Gasteiger partial charge < -0.3 is 10.0 Å². The van der Waals surface area contributed by atoms with Crippen LogP contribution in [0.1, 0.15) is 12.8 Å². The minimum absolute atomic E-state index is 0.255. The van der Waals surface area contributed by atoms with Gasteiger partial charge >= 0.3 is 5.69 Å². The van der Waals surface area contributed by atoms with Gasteiger partial charge in [0.05, 0.1) is 4.92 Å². The first kappa shape index (κ1) is 11.4. The van der Waals surface area contributed by atoms with Gasteiger partial charge in [-0.05, 0) is 30.9 Å². The summed E-state index contributed by atoms with van der Waals surface area (Å²) in [5, 5.41) is 21.0. The second kappa shape index (κ2) is 3.65. The van der Waals surface area contributed by atoms with Gasteiger partial charge in [0.25, 0.3) is 0 Å². The standard InChI is InChI=1S/C12H13FN2O3/c13-9-2-1-3-10(11(9)15(17)18)14-6-12(16,7-14)8-4-5-8/h1-3,8,16H,4-7H2. The third kappa shape index (κ3) is 1.64. The average molecular weight is 252 g/mol. The van der Waals surface area contributed by atoms with Crippen molar-refractivity contribution >= 4 is 11.4 Å². The second-order valence-corrected chi connectivity index (χ2v) is 5.10. The zero-order chi connectivity index (χ0) is 12.9. The van der Waals surface area contributed by atoms with E-state index in [1.807, 2.05) is 0 Å². The fourth-order valence-corrected chi connectivity index (χ4v) is 2.60. The Hall–Kier alpha value is -1.69. The number of nitro groups is 1. The lowest BCUT2D eigenvalue weighted by Gasteiger charge is -2.48. The third-order valence-corrected chi connectivity index (χ3v) is 3.76. The third-order valence-electron chi connectivity index (χ3n) is 3.76. The van der Waals surface area contributed by atoms with E-state index in [4.69, 9.17) is 0 Å². The van der Waals surface area contributed by atoms with Crippen LogP contribution in [0.15, 0.2) is 18.2 Å². The molecular formula is C12H13FN2O3. The van der Waals surface area contributed by atoms with E-state index in [9.17, 15) is 19.6 Å². The predicted molar refractivity (Wildman–Crippen MR) is 62.9 cm³/mol. The van der Waals surface area contributed by atoms with Gasteiger partial charge in [0, 0.05) is 13.1 Å². The van der Waals surface area contributed by atoms with Crippen molar-refractivity contribution in [1.29, 1.82) is 0 Å². The number of hydrogen-bond donors (Lipinski definition) is 1. The minimum Gasteiger partial charge on any atom is -0.386 e. The van der Waals surface area contributed by atoms with Crippen molar-refractivity contribution in [2.75, 3.05) is 18.0 Å². The van der Waals surface area contributed by atoms with Crippen LogP contribution in [0.3, 0.4) is 0 Å². The van der Waals surface area contributed by atoms with Crippen molar-refractivity contribution in [2.24, 2.45) is 5.92 Å². The molecule has 0 atom stereocenters. The van der Waals surface area contributed by atoms with E-state index in [-0.39, 0.29) is 5.69 Å². The number of aliphatic hydroxyl groups is 1. The van der Waals surface area contributed by atoms with E-state index in [1.54, 1.807) is 4.90 Å². The van der Waals surface area contributed by atoms with E-state index >= 15 is 0 Å². The largest absolute Gasteiger partial charge is 0.386 e. The number of benzene rings is 1. The molecule has 2 fully saturated rings. The normalized spacial score (nSPS) is 21.6. The highest BCUT2D eigenvalue weighted by atomic mass is 19.1. The van der Waals surface area contributed by atoms with Crippen molar-refractivity contribution in [2.45, 2.75) is 18.4 Å². The molecule has 1 aliphatic heterocycles. The summed E-state index contributed by atoms with van der Waals surface area (Å²) in [6.07, 6.45) is 2.02. The van der Waals surface area contributed by atoms with Crippen molar-refractivity contribution in [1.82, 2.24) is 0 Å². The molecule has 3 rings (SSSR count). The van der Waals surface area contributed by atoms with Gasteiger partial charge in [-0.2, -0.15) is 4.39 Å². The lowest BCUT2D eigenvalue weighted by Crippen LogP contribution is -2.63. The first-order valence-electron chi connectivity index (χ1n) is 5.91. The van der Waals surface area contributed by atoms with Crippen molar-refractivity contribution in [3.8, 4) is 0 Å². The molecule has 2 aliphatic rings. The van der Waals surface area contributed by atoms with Gasteiger partial charge in [-0.1, -0.05) is 6.07 Å². The summed E-state index contributed by atoms with van der Waals surface area (Å²) in [6, 6.07) is 4.05. The zero-order valence-corrected chi connectivity index (χ0v) is 9.67. The molecule has 6 heteroatoms. The molecule has 0 radical (unpaired) electrons. The van der Waals surface area contributed by atoms with Gasteiger partial charge in [-0.3, -0.25) is 10.1 Å². The van der Waals surface area contributed by atoms with Crippen LogP contribution in [-0.4, -0.2) is 28.7 Å². The average Bonchev–Trinajstić information content (AvgIpc) is 3.07. The van der Waals surface area contributed by atoms with Gasteiger partial charge in [0.1, 0.15) is 11.3 Å². The number of anilines is 1. The topological polar surface area (TPSA) is 66.6 Å². The summed E-state index contributed by atoms with van der Waals surface area (Å²) in [6.45, 7) is 0.698. The Morgan fingerprint density at radius 2 is 2.11 bits per heavy atom. The molecule has 1 saturated carbocycles. The van der Waals surface area contributed by atoms with Crippen molar-refractivity contribution < 1.29 is 14.4 Å². The second-order valence-electron chi connectivity index (χ2n) is 5.10. The van der Waals surface area contributed by atoms with Crippen LogP contribution in [0, 0.1) is 21.8 Å². The van der Waals surface area contributed by atoms with Crippen LogP contribution < -0.4 is 4.90 Å². The number of nitro benzene ring substituents is 1. The van der Waals surface area contributed by atoms with Crippen LogP contribution >= 0.6 is 0 Å². The Morgan fingerprint density at radius 3 is 2.67 bits per heavy atom. The molecule has 0 bridgehead atoms. The summed E-state index contributed by atoms with van der Waals surface area (Å²) < 4.78 is 13.5. The molecule has 96 valence electrons. The van der Waals surface area contributed by atoms with Gasteiger partial charge in [0.15, 0.2) is 0 Å². The number of rotatable bonds is 3. The molecule has 0 spiro atoms. The number of para-hydroxylation sites is 1. The molecule has 5 nitrogen and oxygen atoms in total. The van der Waals surface area contributed by atoms with Crippen LogP contribution in [-0.2, 0) is 0 Å². The fourth-order valence-electron chi connectivity index (χ4n) is 2.60. The number of β-amino-alcohol motifs (C(OH)–C–C–N with tert-alkyl or cyclic N) is 1. The summed E-state index contributed by atoms with van der Waals surface area (Å²) in [5.41, 5.74) is -0.985. The summed E-state index contributed by atoms with van der Waals surface area (Å²) >= 11 is 0. The Bertz CT molecular complexity index is 510. The molecule has 0 aromatic heterocycles. The van der Waals surface area contributed by atoms with Gasteiger partial charge in [0.2, 0.25) is 5.82 Å². The maximum atomic E-state index is 13.5. The number of nitrogens with zero attached hydrogens (tertiary/aromatic N) is 2. The Balaban J connectivity index is 1.86. The molecule has 1 aromatic rings. The highest BCUT2D eigenvalue weighted by molar-refractivity contribution is 5.66. The number of hydrogen-bond acceptors (Lipinski definition) is 4. The highest BCUT2D eigenvalue weighted by Crippen LogP contribution is 2.47. The SMILES string of the molecule is O=[N+]([O-])c1c(F)cccc1N1CC(O)(C2CC2)C1. The molecule has 1 heterocycles. The molecule has 1 saturated heterocycles. The molecular weight excluding hydrogens is 239 g/mol. The van der Waals surface area contributed by atoms with Gasteiger partial charge in [-0.15, -0.1) is 0 Å². The van der Waals surface area contributed by atoms with Crippen LogP contribution in [0.4, 0.5) is 15.8 Å². The first-order valence-corrected chi connectivity index (χ1v) is 5.91. The molecule has 0 unspecified atom stereocenters. The van der Waals surface area contributed by atoms with E-state index < -0.39 is 22.0 Å². The van der Waals surface area contributed by atoms with Crippen molar-refractivity contribution in [3.63, 3.8) is 0 Å². The van der Waals surface area contributed by atoms with Gasteiger partial charge in [-0.25, -0.2) is 0 Å². The van der Waals surface area contributed by atoms with Crippen LogP contribution in [0.5, 0.6) is 0 Å². The number of halogens is 1. The smallest absolute Gasteiger partial charge is 0.327 e. The first-order chi connectivity index (χ1) is 8.51. The van der Waals surface area contributed by atoms with E-state index in [0.29, 0.717) is 19.0 Å². The lowest BCUT2D eigenvalue weighted by atomic mass is 9.88. The van der Waals surface area contributed by atoms with E-state index in [1.165, 1.54) is 12.1 Å². The van der Waals surface area contributed by atoms with Crippen LogP contribution in [0.2, 0.25) is 0 Å². The van der Waals surface area contributed by atoms with Crippen molar-refractivity contribution in [3.05, 3.63) is 34.1 Å². The lowest BCUT2D eigenvalue weighted by molar-refractivity contribution is -0.386. The summed E-state index contributed by atoms with van der Waals surface area (Å²) in [4.78, 5) is 11.8. The molecule has 1 N–H and O–H groups in total. The minimum atomic E-state index is -0.834. The van der Waals surface area contributed by atoms with Crippen LogP contribution in [0.25, 0.3) is 0 Å². The van der Waals surface area contributed by atoms with E-state index in [0.717, 1.165) is 18.9 Å². The molecule has 1 aliphatic carbocycles. The molecule has 1 aromatic carbocycles. The quantitative estimate of drug-likeness (QED) is 0.656. The molecule has 18 heavy (non-hydrogen) atoms. The Morgan fingerprint density at radius 1 is 1.44 bits per heavy atom. The zero-order valence-electron chi connectivity index (χ0n) is 9.67. The molecule has 0 amide bonds. The summed E-state index contributed by atoms with van der Waals surface area (Å²) in [7, 11) is 0. The maximum Gasteiger partial charge on any atom is 0.327 e.